The van der Waals surface area contributed by atoms with E-state index in [2.05, 4.69) is 25.3 Å². The van der Waals surface area contributed by atoms with Crippen molar-refractivity contribution in [1.29, 1.82) is 0 Å². The molecule has 3 aromatic heterocycles. The molecule has 0 unspecified atom stereocenters. The number of aromatic nitrogens is 5. The smallest absolute Gasteiger partial charge is 0.225 e. The van der Waals surface area contributed by atoms with Crippen LogP contribution < -0.4 is 5.32 Å². The van der Waals surface area contributed by atoms with Crippen LogP contribution in [0.1, 0.15) is 19.3 Å². The van der Waals surface area contributed by atoms with E-state index in [1.54, 1.807) is 24.8 Å². The lowest BCUT2D eigenvalue weighted by molar-refractivity contribution is -0.116. The summed E-state index contributed by atoms with van der Waals surface area (Å²) in [6.07, 6.45) is 12.9. The SMILES string of the molecule is O=C(CC1CC1)Nc1cnc2cnc(-c3cncnc3)cn12. The maximum Gasteiger partial charge on any atom is 0.225 e. The average molecular weight is 294 g/mol. The summed E-state index contributed by atoms with van der Waals surface area (Å²) in [5, 5.41) is 2.92. The monoisotopic (exact) mass is 294 g/mol. The zero-order chi connectivity index (χ0) is 14.9. The molecular weight excluding hydrogens is 280 g/mol. The number of rotatable bonds is 4. The molecule has 1 N–H and O–H groups in total. The predicted molar refractivity (Wildman–Crippen MR) is 80.0 cm³/mol. The molecule has 3 heterocycles. The van der Waals surface area contributed by atoms with Crippen LogP contribution in [-0.2, 0) is 4.79 Å². The molecule has 0 atom stereocenters. The molecular formula is C15H14N6O. The number of imidazole rings is 1. The Labute approximate surface area is 126 Å². The van der Waals surface area contributed by atoms with Crippen molar-refractivity contribution in [3.8, 4) is 11.3 Å². The molecule has 1 saturated carbocycles. The number of hydrogen-bond donors (Lipinski definition) is 1. The van der Waals surface area contributed by atoms with Crippen LogP contribution in [0.4, 0.5) is 5.82 Å². The summed E-state index contributed by atoms with van der Waals surface area (Å²) < 4.78 is 1.82. The molecule has 0 bridgehead atoms. The Kier molecular flexibility index (Phi) is 3.03. The Balaban J connectivity index is 1.65. The van der Waals surface area contributed by atoms with E-state index in [0.717, 1.165) is 24.1 Å². The average Bonchev–Trinajstić information content (AvgIpc) is 3.27. The molecule has 7 nitrogen and oxygen atoms in total. The van der Waals surface area contributed by atoms with E-state index in [0.29, 0.717) is 23.8 Å². The molecule has 110 valence electrons. The lowest BCUT2D eigenvalue weighted by atomic mass is 10.2. The van der Waals surface area contributed by atoms with Gasteiger partial charge in [-0.15, -0.1) is 0 Å². The first kappa shape index (κ1) is 12.9. The lowest BCUT2D eigenvalue weighted by Crippen LogP contribution is -2.13. The summed E-state index contributed by atoms with van der Waals surface area (Å²) in [6.45, 7) is 0. The van der Waals surface area contributed by atoms with Crippen LogP contribution in [0.15, 0.2) is 37.3 Å². The summed E-state index contributed by atoms with van der Waals surface area (Å²) in [5.41, 5.74) is 2.22. The first-order valence-electron chi connectivity index (χ1n) is 7.18. The maximum absolute atomic E-state index is 12.0. The quantitative estimate of drug-likeness (QED) is 0.794. The van der Waals surface area contributed by atoms with Crippen LogP contribution in [0.25, 0.3) is 16.9 Å². The predicted octanol–water partition coefficient (Wildman–Crippen LogP) is 1.92. The fourth-order valence-electron chi connectivity index (χ4n) is 2.34. The number of anilines is 1. The van der Waals surface area contributed by atoms with Crippen molar-refractivity contribution in [1.82, 2.24) is 24.3 Å². The summed E-state index contributed by atoms with van der Waals surface area (Å²) >= 11 is 0. The van der Waals surface area contributed by atoms with Gasteiger partial charge in [0.2, 0.25) is 5.91 Å². The highest BCUT2D eigenvalue weighted by Crippen LogP contribution is 2.32. The molecule has 1 fully saturated rings. The minimum absolute atomic E-state index is 0.0331. The van der Waals surface area contributed by atoms with Crippen LogP contribution in [-0.4, -0.2) is 30.2 Å². The van der Waals surface area contributed by atoms with Gasteiger partial charge in [0.1, 0.15) is 12.1 Å². The van der Waals surface area contributed by atoms with Gasteiger partial charge in [0, 0.05) is 30.6 Å². The second-order valence-electron chi connectivity index (χ2n) is 5.47. The highest BCUT2D eigenvalue weighted by atomic mass is 16.1. The highest BCUT2D eigenvalue weighted by molar-refractivity contribution is 5.90. The Hall–Kier alpha value is -2.83. The standard InChI is InChI=1S/C15H14N6O/c22-15(3-10-1-2-10)20-14-7-19-13-6-18-12(8-21(13)14)11-4-16-9-17-5-11/h4-10H,1-3H2,(H,20,22). The molecule has 4 rings (SSSR count). The summed E-state index contributed by atoms with van der Waals surface area (Å²) in [5.74, 6) is 1.24. The van der Waals surface area contributed by atoms with Crippen molar-refractivity contribution in [2.45, 2.75) is 19.3 Å². The van der Waals surface area contributed by atoms with E-state index in [-0.39, 0.29) is 5.91 Å². The Morgan fingerprint density at radius 3 is 2.77 bits per heavy atom. The lowest BCUT2D eigenvalue weighted by Gasteiger charge is -2.06. The first-order chi connectivity index (χ1) is 10.8. The van der Waals surface area contributed by atoms with E-state index in [1.165, 1.54) is 6.33 Å². The van der Waals surface area contributed by atoms with Crippen molar-refractivity contribution in [2.24, 2.45) is 5.92 Å². The minimum atomic E-state index is 0.0331. The number of nitrogens with one attached hydrogen (secondary N) is 1. The molecule has 1 aliphatic rings. The second-order valence-corrected chi connectivity index (χ2v) is 5.47. The number of carbonyl (C=O) groups excluding carboxylic acids is 1. The molecule has 3 aromatic rings. The summed E-state index contributed by atoms with van der Waals surface area (Å²) in [7, 11) is 0. The summed E-state index contributed by atoms with van der Waals surface area (Å²) in [4.78, 5) is 28.6. The molecule has 7 heteroatoms. The number of carbonyl (C=O) groups is 1. The van der Waals surface area contributed by atoms with Gasteiger partial charge in [-0.25, -0.2) is 15.0 Å². The van der Waals surface area contributed by atoms with Gasteiger partial charge in [-0.05, 0) is 18.8 Å². The van der Waals surface area contributed by atoms with Crippen molar-refractivity contribution >= 4 is 17.4 Å². The largest absolute Gasteiger partial charge is 0.310 e. The molecule has 0 spiro atoms. The molecule has 0 radical (unpaired) electrons. The van der Waals surface area contributed by atoms with Gasteiger partial charge in [0.25, 0.3) is 0 Å². The van der Waals surface area contributed by atoms with E-state index < -0.39 is 0 Å². The number of nitrogens with zero attached hydrogens (tertiary/aromatic N) is 5. The zero-order valence-corrected chi connectivity index (χ0v) is 11.8. The molecule has 1 aliphatic carbocycles. The summed E-state index contributed by atoms with van der Waals surface area (Å²) in [6, 6.07) is 0. The number of hydrogen-bond acceptors (Lipinski definition) is 5. The number of fused-ring (bicyclic) bond motifs is 1. The Bertz CT molecular complexity index is 824. The maximum atomic E-state index is 12.0. The third-order valence-corrected chi connectivity index (χ3v) is 3.69. The van der Waals surface area contributed by atoms with Gasteiger partial charge in [-0.3, -0.25) is 14.2 Å². The normalized spacial score (nSPS) is 14.2. The molecule has 0 saturated heterocycles. The Morgan fingerprint density at radius 1 is 1.18 bits per heavy atom. The van der Waals surface area contributed by atoms with E-state index in [4.69, 9.17) is 0 Å². The second kappa shape index (κ2) is 5.18. The van der Waals surface area contributed by atoms with Crippen LogP contribution in [0.3, 0.4) is 0 Å². The third-order valence-electron chi connectivity index (χ3n) is 3.69. The zero-order valence-electron chi connectivity index (χ0n) is 11.8. The van der Waals surface area contributed by atoms with Gasteiger partial charge >= 0.3 is 0 Å². The molecule has 0 aliphatic heterocycles. The van der Waals surface area contributed by atoms with Gasteiger partial charge in [0.15, 0.2) is 5.65 Å². The van der Waals surface area contributed by atoms with E-state index >= 15 is 0 Å². The minimum Gasteiger partial charge on any atom is -0.310 e. The van der Waals surface area contributed by atoms with Gasteiger partial charge in [0.05, 0.1) is 18.1 Å². The van der Waals surface area contributed by atoms with Crippen molar-refractivity contribution < 1.29 is 4.79 Å². The first-order valence-corrected chi connectivity index (χ1v) is 7.18. The van der Waals surface area contributed by atoms with Crippen molar-refractivity contribution in [2.75, 3.05) is 5.32 Å². The van der Waals surface area contributed by atoms with Crippen LogP contribution in [0.5, 0.6) is 0 Å². The van der Waals surface area contributed by atoms with E-state index in [9.17, 15) is 4.79 Å². The molecule has 0 aromatic carbocycles. The van der Waals surface area contributed by atoms with Crippen molar-refractivity contribution in [3.05, 3.63) is 37.3 Å². The van der Waals surface area contributed by atoms with Crippen LogP contribution in [0, 0.1) is 5.92 Å². The topological polar surface area (TPSA) is 85.1 Å². The van der Waals surface area contributed by atoms with Gasteiger partial charge in [-0.2, -0.15) is 0 Å². The Morgan fingerprint density at radius 2 is 2.00 bits per heavy atom. The fraction of sp³-hybridized carbons (Fsp3) is 0.267. The molecule has 22 heavy (non-hydrogen) atoms. The van der Waals surface area contributed by atoms with Crippen LogP contribution in [0.2, 0.25) is 0 Å². The fourth-order valence-corrected chi connectivity index (χ4v) is 2.34. The van der Waals surface area contributed by atoms with Crippen LogP contribution >= 0.6 is 0 Å². The van der Waals surface area contributed by atoms with E-state index in [1.807, 2.05) is 10.6 Å². The highest BCUT2D eigenvalue weighted by Gasteiger charge is 2.24. The molecule has 1 amide bonds. The van der Waals surface area contributed by atoms with Gasteiger partial charge < -0.3 is 5.32 Å². The van der Waals surface area contributed by atoms with Crippen molar-refractivity contribution in [3.63, 3.8) is 0 Å². The van der Waals surface area contributed by atoms with Gasteiger partial charge in [-0.1, -0.05) is 0 Å². The number of amides is 1. The third kappa shape index (κ3) is 2.52.